The van der Waals surface area contributed by atoms with E-state index in [2.05, 4.69) is 16.3 Å². The molecule has 1 aliphatic carbocycles. The minimum Gasteiger partial charge on any atom is -0.506 e. The lowest BCUT2D eigenvalue weighted by molar-refractivity contribution is -0.121. The van der Waals surface area contributed by atoms with Crippen molar-refractivity contribution in [3.63, 3.8) is 0 Å². The summed E-state index contributed by atoms with van der Waals surface area (Å²) in [6.45, 7) is 7.71. The minimum absolute atomic E-state index is 0.0447. The highest BCUT2D eigenvalue weighted by Gasteiger charge is 2.49. The SMILES string of the molecule is C=Cc1ccc2c(c1)S(=O)(=O)N=C(C1=C(O)c3cc(F)ccc3C(CCCC)(CCCC)C1=O)N2. The van der Waals surface area contributed by atoms with Crippen molar-refractivity contribution >= 4 is 39.2 Å². The van der Waals surface area contributed by atoms with Crippen LogP contribution in [0.15, 0.2) is 57.8 Å². The van der Waals surface area contributed by atoms with Gasteiger partial charge in [-0.3, -0.25) is 4.79 Å². The number of sulfonamides is 1. The van der Waals surface area contributed by atoms with Gasteiger partial charge in [-0.05, 0) is 48.2 Å². The van der Waals surface area contributed by atoms with E-state index in [0.717, 1.165) is 25.7 Å². The van der Waals surface area contributed by atoms with Crippen LogP contribution in [0.4, 0.5) is 10.1 Å². The van der Waals surface area contributed by atoms with E-state index < -0.39 is 32.8 Å². The van der Waals surface area contributed by atoms with E-state index in [1.54, 1.807) is 18.2 Å². The van der Waals surface area contributed by atoms with Gasteiger partial charge in [0.1, 0.15) is 22.0 Å². The van der Waals surface area contributed by atoms with Gasteiger partial charge < -0.3 is 10.4 Å². The summed E-state index contributed by atoms with van der Waals surface area (Å²) in [7, 11) is -4.17. The van der Waals surface area contributed by atoms with Gasteiger partial charge in [-0.2, -0.15) is 8.42 Å². The fourth-order valence-electron chi connectivity index (χ4n) is 4.94. The Balaban J connectivity index is 1.95. The Kier molecular flexibility index (Phi) is 6.68. The summed E-state index contributed by atoms with van der Waals surface area (Å²) in [5.41, 5.74) is 0.371. The number of aliphatic hydroxyl groups is 1. The Labute approximate surface area is 205 Å². The highest BCUT2D eigenvalue weighted by Crippen LogP contribution is 2.47. The molecule has 0 amide bonds. The first-order valence-corrected chi connectivity index (χ1v) is 13.3. The van der Waals surface area contributed by atoms with Crippen LogP contribution in [0, 0.1) is 5.82 Å². The van der Waals surface area contributed by atoms with Gasteiger partial charge in [0, 0.05) is 5.56 Å². The third kappa shape index (κ3) is 4.20. The number of Topliss-reactive ketones (excluding diaryl/α,β-unsaturated/α-hetero) is 1. The number of benzene rings is 2. The Morgan fingerprint density at radius 2 is 1.80 bits per heavy atom. The zero-order valence-corrected chi connectivity index (χ0v) is 20.7. The van der Waals surface area contributed by atoms with Crippen molar-refractivity contribution < 1.29 is 22.7 Å². The molecule has 184 valence electrons. The van der Waals surface area contributed by atoms with Crippen molar-refractivity contribution in [3.05, 3.63) is 71.1 Å². The molecule has 2 N–H and O–H groups in total. The molecule has 0 radical (unpaired) electrons. The number of rotatable bonds is 8. The number of carbonyl (C=O) groups is 1. The Morgan fingerprint density at radius 3 is 2.43 bits per heavy atom. The van der Waals surface area contributed by atoms with E-state index in [9.17, 15) is 22.7 Å². The van der Waals surface area contributed by atoms with Crippen LogP contribution >= 0.6 is 0 Å². The molecule has 0 unspecified atom stereocenters. The van der Waals surface area contributed by atoms with Crippen LogP contribution in [-0.2, 0) is 20.2 Å². The number of hydrogen-bond acceptors (Lipinski definition) is 5. The van der Waals surface area contributed by atoms with Gasteiger partial charge in [-0.1, -0.05) is 64.3 Å². The van der Waals surface area contributed by atoms with Gasteiger partial charge in [0.2, 0.25) is 0 Å². The molecule has 1 aliphatic heterocycles. The van der Waals surface area contributed by atoms with Crippen molar-refractivity contribution in [2.24, 2.45) is 4.40 Å². The molecule has 8 heteroatoms. The smallest absolute Gasteiger partial charge is 0.286 e. The number of anilines is 1. The lowest BCUT2D eigenvalue weighted by Crippen LogP contribution is -2.44. The Bertz CT molecular complexity index is 1370. The lowest BCUT2D eigenvalue weighted by atomic mass is 9.63. The summed E-state index contributed by atoms with van der Waals surface area (Å²) in [5, 5.41) is 14.1. The predicted octanol–water partition coefficient (Wildman–Crippen LogP) is 6.15. The number of ketones is 1. The fourth-order valence-corrected chi connectivity index (χ4v) is 6.10. The van der Waals surface area contributed by atoms with Crippen LogP contribution in [0.3, 0.4) is 0 Å². The topological polar surface area (TPSA) is 95.8 Å². The summed E-state index contributed by atoms with van der Waals surface area (Å²) < 4.78 is 44.4. The summed E-state index contributed by atoms with van der Waals surface area (Å²) in [4.78, 5) is 14.2. The lowest BCUT2D eigenvalue weighted by Gasteiger charge is -2.39. The fraction of sp³-hybridized carbons (Fsp3) is 0.333. The third-order valence-electron chi connectivity index (χ3n) is 6.79. The Morgan fingerprint density at radius 1 is 1.11 bits per heavy atom. The van der Waals surface area contributed by atoms with Gasteiger partial charge in [-0.25, -0.2) is 4.39 Å². The maximum atomic E-state index is 14.3. The predicted molar refractivity (Wildman–Crippen MR) is 136 cm³/mol. The molecule has 0 atom stereocenters. The van der Waals surface area contributed by atoms with Crippen molar-refractivity contribution in [1.82, 2.24) is 0 Å². The molecule has 2 aromatic rings. The second-order valence-corrected chi connectivity index (χ2v) is 10.6. The molecule has 0 bridgehead atoms. The number of carbonyl (C=O) groups excluding carboxylic acids is 1. The summed E-state index contributed by atoms with van der Waals surface area (Å²) in [5.74, 6) is -1.68. The maximum absolute atomic E-state index is 14.3. The Hall–Kier alpha value is -3.26. The first-order chi connectivity index (χ1) is 16.7. The van der Waals surface area contributed by atoms with Crippen LogP contribution in [0.1, 0.15) is 69.1 Å². The van der Waals surface area contributed by atoms with Crippen molar-refractivity contribution in [2.45, 2.75) is 62.7 Å². The van der Waals surface area contributed by atoms with E-state index in [1.807, 2.05) is 13.8 Å². The number of aliphatic hydroxyl groups excluding tert-OH is 1. The van der Waals surface area contributed by atoms with Crippen molar-refractivity contribution in [2.75, 3.05) is 5.32 Å². The second-order valence-electron chi connectivity index (χ2n) is 9.03. The molecule has 1 heterocycles. The molecular weight excluding hydrogens is 467 g/mol. The van der Waals surface area contributed by atoms with E-state index in [-0.39, 0.29) is 27.6 Å². The van der Waals surface area contributed by atoms with Crippen LogP contribution in [0.2, 0.25) is 0 Å². The van der Waals surface area contributed by atoms with Gasteiger partial charge >= 0.3 is 0 Å². The third-order valence-corrected chi connectivity index (χ3v) is 8.10. The molecule has 0 aromatic heterocycles. The quantitative estimate of drug-likeness (QED) is 0.457. The van der Waals surface area contributed by atoms with Gasteiger partial charge in [0.15, 0.2) is 11.6 Å². The van der Waals surface area contributed by atoms with E-state index in [1.165, 1.54) is 24.3 Å². The second kappa shape index (κ2) is 9.41. The van der Waals surface area contributed by atoms with Crippen LogP contribution in [-0.4, -0.2) is 25.1 Å². The molecule has 0 spiro atoms. The molecule has 2 aromatic carbocycles. The van der Waals surface area contributed by atoms with E-state index >= 15 is 0 Å². The number of hydrogen-bond donors (Lipinski definition) is 2. The molecule has 4 rings (SSSR count). The highest BCUT2D eigenvalue weighted by atomic mass is 32.2. The minimum atomic E-state index is -4.17. The number of fused-ring (bicyclic) bond motifs is 2. The molecule has 2 aliphatic rings. The van der Waals surface area contributed by atoms with Crippen LogP contribution < -0.4 is 5.32 Å². The molecule has 0 saturated carbocycles. The van der Waals surface area contributed by atoms with Gasteiger partial charge in [0.05, 0.1) is 11.1 Å². The average Bonchev–Trinajstić information content (AvgIpc) is 2.83. The normalized spacial score (nSPS) is 17.8. The standard InChI is InChI=1S/C27H29FN2O4S/c1-4-7-13-27(14-8-5-2)20-11-10-18(28)16-19(20)24(31)23(25(27)32)26-29-21-12-9-17(6-3)15-22(21)35(33,34)30-26/h6,9-12,15-16,31H,3-5,7-8,13-14H2,1-2H3,(H,29,30). The highest BCUT2D eigenvalue weighted by molar-refractivity contribution is 7.90. The molecule has 0 saturated heterocycles. The van der Waals surface area contributed by atoms with Crippen LogP contribution in [0.25, 0.3) is 11.8 Å². The first-order valence-electron chi connectivity index (χ1n) is 11.9. The number of unbranched alkanes of at least 4 members (excludes halogenated alkanes) is 2. The number of halogens is 1. The summed E-state index contributed by atoms with van der Waals surface area (Å²) >= 11 is 0. The first kappa shape index (κ1) is 24.9. The number of nitrogens with zero attached hydrogens (tertiary/aromatic N) is 1. The largest absolute Gasteiger partial charge is 0.506 e. The van der Waals surface area contributed by atoms with Crippen LogP contribution in [0.5, 0.6) is 0 Å². The zero-order chi connectivity index (χ0) is 25.4. The summed E-state index contributed by atoms with van der Waals surface area (Å²) in [6, 6.07) is 8.76. The molecule has 6 nitrogen and oxygen atoms in total. The zero-order valence-electron chi connectivity index (χ0n) is 19.9. The average molecular weight is 497 g/mol. The number of nitrogens with one attached hydrogen (secondary N) is 1. The van der Waals surface area contributed by atoms with Gasteiger partial charge in [-0.15, -0.1) is 4.40 Å². The maximum Gasteiger partial charge on any atom is 0.286 e. The van der Waals surface area contributed by atoms with Crippen molar-refractivity contribution in [3.8, 4) is 0 Å². The molecular formula is C27H29FN2O4S. The molecule has 0 fully saturated rings. The summed E-state index contributed by atoms with van der Waals surface area (Å²) in [6.07, 6.45) is 5.69. The van der Waals surface area contributed by atoms with Gasteiger partial charge in [0.25, 0.3) is 10.0 Å². The van der Waals surface area contributed by atoms with Crippen molar-refractivity contribution in [1.29, 1.82) is 0 Å². The van der Waals surface area contributed by atoms with E-state index in [0.29, 0.717) is 24.0 Å². The van der Waals surface area contributed by atoms with E-state index in [4.69, 9.17) is 0 Å². The molecule has 35 heavy (non-hydrogen) atoms. The monoisotopic (exact) mass is 496 g/mol. The number of amidine groups is 1.